The Balaban J connectivity index is 1.59. The fraction of sp³-hybridized carbons (Fsp3) is 1.00. The molecular weight excluding hydrogens is 194 g/mol. The lowest BCUT2D eigenvalue weighted by molar-refractivity contribution is 0.199. The first-order valence-electron chi connectivity index (χ1n) is 5.82. The highest BCUT2D eigenvalue weighted by atomic mass is 32.2. The van der Waals surface area contributed by atoms with Crippen LogP contribution >= 0.6 is 0 Å². The van der Waals surface area contributed by atoms with Gasteiger partial charge in [0.05, 0.1) is 0 Å². The van der Waals surface area contributed by atoms with E-state index in [4.69, 9.17) is 0 Å². The zero-order chi connectivity index (χ0) is 9.97. The summed E-state index contributed by atoms with van der Waals surface area (Å²) in [4.78, 5) is 0. The van der Waals surface area contributed by atoms with Crippen LogP contribution < -0.4 is 5.32 Å². The maximum Gasteiger partial charge on any atom is 0.0249 e. The van der Waals surface area contributed by atoms with Gasteiger partial charge < -0.3 is 5.32 Å². The van der Waals surface area contributed by atoms with Crippen molar-refractivity contribution in [3.8, 4) is 0 Å². The van der Waals surface area contributed by atoms with E-state index in [9.17, 15) is 4.21 Å². The molecule has 14 heavy (non-hydrogen) atoms. The Bertz CT molecular complexity index is 203. The molecule has 0 aromatic carbocycles. The molecule has 1 N–H and O–H groups in total. The van der Waals surface area contributed by atoms with Crippen LogP contribution in [0.5, 0.6) is 0 Å². The van der Waals surface area contributed by atoms with E-state index in [1.807, 2.05) is 0 Å². The van der Waals surface area contributed by atoms with Crippen LogP contribution in [0.25, 0.3) is 0 Å². The SMILES string of the molecule is CC1CC(CNC2CCS(=O)CC2)C1. The van der Waals surface area contributed by atoms with E-state index in [0.717, 1.165) is 36.2 Å². The van der Waals surface area contributed by atoms with E-state index in [0.29, 0.717) is 6.04 Å². The zero-order valence-corrected chi connectivity index (χ0v) is 9.81. The Kier molecular flexibility index (Phi) is 3.61. The van der Waals surface area contributed by atoms with Crippen LogP contribution in [0.15, 0.2) is 0 Å². The van der Waals surface area contributed by atoms with E-state index in [-0.39, 0.29) is 0 Å². The molecule has 1 aliphatic heterocycles. The Labute approximate surface area is 89.3 Å². The second kappa shape index (κ2) is 4.75. The molecule has 1 aliphatic carbocycles. The topological polar surface area (TPSA) is 29.1 Å². The van der Waals surface area contributed by atoms with Crippen molar-refractivity contribution in [1.29, 1.82) is 0 Å². The van der Waals surface area contributed by atoms with Crippen molar-refractivity contribution in [2.45, 2.75) is 38.6 Å². The predicted molar refractivity (Wildman–Crippen MR) is 60.8 cm³/mol. The lowest BCUT2D eigenvalue weighted by Gasteiger charge is -2.34. The summed E-state index contributed by atoms with van der Waals surface area (Å²) in [5.41, 5.74) is 0. The van der Waals surface area contributed by atoms with Crippen LogP contribution in [0.1, 0.15) is 32.6 Å². The molecule has 2 rings (SSSR count). The second-order valence-corrected chi connectivity index (χ2v) is 6.67. The predicted octanol–water partition coefficient (Wildman–Crippen LogP) is 1.53. The number of hydrogen-bond acceptors (Lipinski definition) is 2. The third-order valence-corrected chi connectivity index (χ3v) is 4.94. The standard InChI is InChI=1S/C11H21NOS/c1-9-6-10(7-9)8-12-11-2-4-14(13)5-3-11/h9-12H,2-8H2,1H3. The van der Waals surface area contributed by atoms with Crippen molar-refractivity contribution in [2.24, 2.45) is 11.8 Å². The van der Waals surface area contributed by atoms with Gasteiger partial charge in [0.15, 0.2) is 0 Å². The van der Waals surface area contributed by atoms with Crippen LogP contribution in [0.2, 0.25) is 0 Å². The van der Waals surface area contributed by atoms with Crippen LogP contribution in [0.3, 0.4) is 0 Å². The number of nitrogens with one attached hydrogen (secondary N) is 1. The molecule has 2 aliphatic rings. The van der Waals surface area contributed by atoms with Crippen molar-refractivity contribution in [3.05, 3.63) is 0 Å². The molecule has 2 nitrogen and oxygen atoms in total. The zero-order valence-electron chi connectivity index (χ0n) is 9.00. The normalized spacial score (nSPS) is 43.2. The molecule has 0 atom stereocenters. The summed E-state index contributed by atoms with van der Waals surface area (Å²) in [6.45, 7) is 3.53. The summed E-state index contributed by atoms with van der Waals surface area (Å²) in [6, 6.07) is 0.656. The van der Waals surface area contributed by atoms with Crippen molar-refractivity contribution < 1.29 is 4.21 Å². The summed E-state index contributed by atoms with van der Waals surface area (Å²) in [5, 5.41) is 3.63. The van der Waals surface area contributed by atoms with Gasteiger partial charge in [0.25, 0.3) is 0 Å². The molecule has 0 aromatic heterocycles. The third kappa shape index (κ3) is 2.80. The average molecular weight is 215 g/mol. The summed E-state index contributed by atoms with van der Waals surface area (Å²) >= 11 is 0. The summed E-state index contributed by atoms with van der Waals surface area (Å²) < 4.78 is 11.1. The van der Waals surface area contributed by atoms with E-state index in [2.05, 4.69) is 12.2 Å². The third-order valence-electron chi connectivity index (χ3n) is 3.55. The largest absolute Gasteiger partial charge is 0.314 e. The first kappa shape index (κ1) is 10.6. The van der Waals surface area contributed by atoms with E-state index in [1.165, 1.54) is 19.4 Å². The second-order valence-electron chi connectivity index (χ2n) is 4.97. The molecule has 0 aromatic rings. The molecule has 1 heterocycles. The van der Waals surface area contributed by atoms with Gasteiger partial charge >= 0.3 is 0 Å². The van der Waals surface area contributed by atoms with Crippen molar-refractivity contribution in [3.63, 3.8) is 0 Å². The van der Waals surface area contributed by atoms with Crippen molar-refractivity contribution in [2.75, 3.05) is 18.1 Å². The van der Waals surface area contributed by atoms with Gasteiger partial charge in [-0.05, 0) is 44.1 Å². The summed E-state index contributed by atoms with van der Waals surface area (Å²) in [7, 11) is -0.509. The minimum absolute atomic E-state index is 0.509. The van der Waals surface area contributed by atoms with Crippen LogP contribution in [-0.2, 0) is 10.8 Å². The van der Waals surface area contributed by atoms with Crippen LogP contribution in [0, 0.1) is 11.8 Å². The fourth-order valence-corrected chi connectivity index (χ4v) is 3.87. The first-order valence-corrected chi connectivity index (χ1v) is 7.31. The Morgan fingerprint density at radius 3 is 2.50 bits per heavy atom. The number of hydrogen-bond donors (Lipinski definition) is 1. The molecule has 2 fully saturated rings. The fourth-order valence-electron chi connectivity index (χ4n) is 2.57. The minimum Gasteiger partial charge on any atom is -0.314 e. The number of rotatable bonds is 3. The van der Waals surface area contributed by atoms with Gasteiger partial charge in [0.2, 0.25) is 0 Å². The van der Waals surface area contributed by atoms with E-state index in [1.54, 1.807) is 0 Å². The van der Waals surface area contributed by atoms with Gasteiger partial charge in [0.1, 0.15) is 0 Å². The van der Waals surface area contributed by atoms with Gasteiger partial charge in [-0.1, -0.05) is 6.92 Å². The van der Waals surface area contributed by atoms with E-state index < -0.39 is 10.8 Å². The maximum atomic E-state index is 11.1. The summed E-state index contributed by atoms with van der Waals surface area (Å²) in [5.74, 6) is 3.72. The molecule has 3 heteroatoms. The molecule has 0 bridgehead atoms. The van der Waals surface area contributed by atoms with E-state index >= 15 is 0 Å². The van der Waals surface area contributed by atoms with Gasteiger partial charge in [-0.15, -0.1) is 0 Å². The van der Waals surface area contributed by atoms with Gasteiger partial charge in [0, 0.05) is 28.3 Å². The van der Waals surface area contributed by atoms with Gasteiger partial charge in [-0.2, -0.15) is 0 Å². The Morgan fingerprint density at radius 2 is 1.93 bits per heavy atom. The monoisotopic (exact) mass is 215 g/mol. The van der Waals surface area contributed by atoms with Crippen molar-refractivity contribution in [1.82, 2.24) is 5.32 Å². The molecule has 82 valence electrons. The van der Waals surface area contributed by atoms with Gasteiger partial charge in [-0.3, -0.25) is 4.21 Å². The molecule has 0 spiro atoms. The lowest BCUT2D eigenvalue weighted by atomic mass is 9.76. The smallest absolute Gasteiger partial charge is 0.0249 e. The Hall–Kier alpha value is 0.110. The quantitative estimate of drug-likeness (QED) is 0.773. The highest BCUT2D eigenvalue weighted by Crippen LogP contribution is 2.32. The van der Waals surface area contributed by atoms with Crippen LogP contribution in [0.4, 0.5) is 0 Å². The molecule has 1 saturated heterocycles. The molecule has 0 radical (unpaired) electrons. The van der Waals surface area contributed by atoms with Crippen molar-refractivity contribution >= 4 is 10.8 Å². The molecule has 0 amide bonds. The summed E-state index contributed by atoms with van der Waals surface area (Å²) in [6.07, 6.45) is 5.06. The molecule has 1 saturated carbocycles. The molecular formula is C11H21NOS. The highest BCUT2D eigenvalue weighted by Gasteiger charge is 2.26. The van der Waals surface area contributed by atoms with Crippen LogP contribution in [-0.4, -0.2) is 28.3 Å². The Morgan fingerprint density at radius 1 is 1.29 bits per heavy atom. The lowest BCUT2D eigenvalue weighted by Crippen LogP contribution is -2.41. The minimum atomic E-state index is -0.509. The highest BCUT2D eigenvalue weighted by molar-refractivity contribution is 7.85. The maximum absolute atomic E-state index is 11.1. The van der Waals surface area contributed by atoms with Gasteiger partial charge in [-0.25, -0.2) is 0 Å². The molecule has 0 unspecified atom stereocenters. The first-order chi connectivity index (χ1) is 6.74. The average Bonchev–Trinajstić information content (AvgIpc) is 2.13.